The molecule has 210 valence electrons. The molecule has 41 heavy (non-hydrogen) atoms. The van der Waals surface area contributed by atoms with Gasteiger partial charge in [-0.05, 0) is 48.7 Å². The monoisotopic (exact) mass is 553 g/mol. The number of carboxylic acid groups (broad SMARTS) is 1. The van der Waals surface area contributed by atoms with Crippen molar-refractivity contribution in [3.8, 4) is 22.6 Å². The van der Waals surface area contributed by atoms with Crippen molar-refractivity contribution < 1.29 is 29.0 Å². The number of carboxylic acids is 1. The van der Waals surface area contributed by atoms with E-state index in [2.05, 4.69) is 9.67 Å². The largest absolute Gasteiger partial charge is 0.546 e. The number of hydrogen-bond donors (Lipinski definition) is 0. The quantitative estimate of drug-likeness (QED) is 0.360. The number of Topliss-reactive ketones (excluding diaryl/α,β-unsaturated/α-hetero) is 1. The molecule has 7 rings (SSSR count). The average molecular weight is 554 g/mol. The van der Waals surface area contributed by atoms with Gasteiger partial charge in [-0.3, -0.25) is 14.3 Å². The molecule has 1 aliphatic carbocycles. The van der Waals surface area contributed by atoms with E-state index in [0.29, 0.717) is 54.6 Å². The first kappa shape index (κ1) is 25.4. The standard InChI is InChI=1S/C31H30N4O6/c1-33-17-21(16-32-33)19-2-5-27-24(12-19)26(36)15-31(41-27)7-10-34(11-8-31)30(39)20-13-25-23(6-9-35(25)22-3-4-22)28(14-20)40-18-29(37)38/h2,5-6,9,12-14,16-17,22H,3-4,7-8,10-11,15,18H2,1H3,(H,37,38)/p-1. The number of aryl methyl sites for hydroxylation is 1. The van der Waals surface area contributed by atoms with E-state index in [1.165, 1.54) is 0 Å². The second-order valence-electron chi connectivity index (χ2n) is 11.3. The number of carbonyl (C=O) groups is 3. The Morgan fingerprint density at radius 3 is 2.63 bits per heavy atom. The van der Waals surface area contributed by atoms with Gasteiger partial charge in [0.05, 0.1) is 29.7 Å². The summed E-state index contributed by atoms with van der Waals surface area (Å²) in [6, 6.07) is 11.4. The van der Waals surface area contributed by atoms with Gasteiger partial charge in [0.25, 0.3) is 5.91 Å². The minimum Gasteiger partial charge on any atom is -0.546 e. The van der Waals surface area contributed by atoms with Crippen molar-refractivity contribution >= 4 is 28.6 Å². The Balaban J connectivity index is 1.10. The third-order valence-corrected chi connectivity index (χ3v) is 8.42. The molecule has 3 aliphatic rings. The highest BCUT2D eigenvalue weighted by atomic mass is 16.5. The van der Waals surface area contributed by atoms with Crippen LogP contribution in [0.15, 0.2) is 55.0 Å². The average Bonchev–Trinajstić information content (AvgIpc) is 3.56. The van der Waals surface area contributed by atoms with Crippen LogP contribution in [0.25, 0.3) is 22.0 Å². The molecule has 4 heterocycles. The molecular weight excluding hydrogens is 524 g/mol. The van der Waals surface area contributed by atoms with Gasteiger partial charge in [-0.2, -0.15) is 5.10 Å². The summed E-state index contributed by atoms with van der Waals surface area (Å²) in [5, 5.41) is 16.1. The van der Waals surface area contributed by atoms with E-state index in [9.17, 15) is 19.5 Å². The van der Waals surface area contributed by atoms with Gasteiger partial charge in [-0.15, -0.1) is 0 Å². The topological polar surface area (TPSA) is 119 Å². The number of benzene rings is 2. The molecule has 0 radical (unpaired) electrons. The lowest BCUT2D eigenvalue weighted by Gasteiger charge is -2.44. The number of likely N-dealkylation sites (tertiary alicyclic amines) is 1. The maximum Gasteiger partial charge on any atom is 0.254 e. The van der Waals surface area contributed by atoms with E-state index in [1.807, 2.05) is 49.8 Å². The van der Waals surface area contributed by atoms with Crippen LogP contribution in [-0.4, -0.2) is 62.2 Å². The number of fused-ring (bicyclic) bond motifs is 2. The number of amides is 1. The SMILES string of the molecule is Cn1cc(-c2ccc3c(c2)C(=O)CC2(CCN(C(=O)c4cc(OCC(=O)[O-])c5ccn(C6CC6)c5c4)CC2)O3)cn1. The van der Waals surface area contributed by atoms with Gasteiger partial charge in [0.1, 0.15) is 23.7 Å². The molecule has 1 saturated carbocycles. The molecule has 2 aromatic carbocycles. The van der Waals surface area contributed by atoms with Crippen LogP contribution >= 0.6 is 0 Å². The summed E-state index contributed by atoms with van der Waals surface area (Å²) in [4.78, 5) is 39.8. The molecule has 10 nitrogen and oxygen atoms in total. The number of hydrogen-bond acceptors (Lipinski definition) is 7. The second-order valence-corrected chi connectivity index (χ2v) is 11.3. The zero-order valence-electron chi connectivity index (χ0n) is 22.7. The van der Waals surface area contributed by atoms with E-state index in [0.717, 1.165) is 34.9 Å². The van der Waals surface area contributed by atoms with Gasteiger partial charge in [0.15, 0.2) is 5.78 Å². The number of aromatic nitrogens is 3. The van der Waals surface area contributed by atoms with Gasteiger partial charge in [-0.1, -0.05) is 6.07 Å². The molecule has 0 bridgehead atoms. The van der Waals surface area contributed by atoms with Gasteiger partial charge in [0.2, 0.25) is 0 Å². The molecule has 1 saturated heterocycles. The fraction of sp³-hybridized carbons (Fsp3) is 0.355. The number of piperidine rings is 1. The van der Waals surface area contributed by atoms with Crippen molar-refractivity contribution in [2.75, 3.05) is 19.7 Å². The Bertz CT molecular complexity index is 1710. The molecule has 0 unspecified atom stereocenters. The third-order valence-electron chi connectivity index (χ3n) is 8.42. The third kappa shape index (κ3) is 4.63. The van der Waals surface area contributed by atoms with E-state index >= 15 is 0 Å². The summed E-state index contributed by atoms with van der Waals surface area (Å²) in [6.07, 6.45) is 9.10. The molecule has 4 aromatic rings. The van der Waals surface area contributed by atoms with Crippen molar-refractivity contribution in [3.05, 3.63) is 66.1 Å². The minimum absolute atomic E-state index is 0.0396. The Labute approximate surface area is 236 Å². The fourth-order valence-electron chi connectivity index (χ4n) is 6.10. The van der Waals surface area contributed by atoms with Crippen LogP contribution < -0.4 is 14.6 Å². The van der Waals surface area contributed by atoms with Gasteiger partial charge < -0.3 is 28.8 Å². The highest BCUT2D eigenvalue weighted by molar-refractivity contribution is 6.02. The fourth-order valence-corrected chi connectivity index (χ4v) is 6.10. The number of carbonyl (C=O) groups excluding carboxylic acids is 3. The molecule has 10 heteroatoms. The normalized spacial score (nSPS) is 17.9. The lowest BCUT2D eigenvalue weighted by molar-refractivity contribution is -0.307. The number of rotatable bonds is 6. The molecule has 0 atom stereocenters. The Kier molecular flexibility index (Phi) is 5.88. The first-order valence-electron chi connectivity index (χ1n) is 13.9. The summed E-state index contributed by atoms with van der Waals surface area (Å²) >= 11 is 0. The van der Waals surface area contributed by atoms with Gasteiger partial charge in [-0.25, -0.2) is 0 Å². The minimum atomic E-state index is -1.32. The highest BCUT2D eigenvalue weighted by Gasteiger charge is 2.44. The summed E-state index contributed by atoms with van der Waals surface area (Å²) < 4.78 is 15.9. The molecule has 0 N–H and O–H groups in total. The summed E-state index contributed by atoms with van der Waals surface area (Å²) in [6.45, 7) is 0.280. The van der Waals surface area contributed by atoms with E-state index < -0.39 is 18.2 Å². The van der Waals surface area contributed by atoms with Crippen molar-refractivity contribution in [1.29, 1.82) is 0 Å². The smallest absolute Gasteiger partial charge is 0.254 e. The number of ketones is 1. The van der Waals surface area contributed by atoms with Crippen LogP contribution in [-0.2, 0) is 11.8 Å². The highest BCUT2D eigenvalue weighted by Crippen LogP contribution is 2.42. The van der Waals surface area contributed by atoms with Crippen LogP contribution in [0.1, 0.15) is 58.9 Å². The molecule has 1 spiro atoms. The van der Waals surface area contributed by atoms with E-state index in [4.69, 9.17) is 9.47 Å². The Morgan fingerprint density at radius 2 is 1.93 bits per heavy atom. The summed E-state index contributed by atoms with van der Waals surface area (Å²) in [7, 11) is 1.85. The van der Waals surface area contributed by atoms with Crippen LogP contribution in [0.2, 0.25) is 0 Å². The second kappa shape index (κ2) is 9.50. The van der Waals surface area contributed by atoms with Crippen LogP contribution in [0.3, 0.4) is 0 Å². The van der Waals surface area contributed by atoms with Crippen molar-refractivity contribution in [2.24, 2.45) is 7.05 Å². The zero-order chi connectivity index (χ0) is 28.3. The Morgan fingerprint density at radius 1 is 1.12 bits per heavy atom. The lowest BCUT2D eigenvalue weighted by atomic mass is 9.82. The van der Waals surface area contributed by atoms with Crippen LogP contribution in [0.5, 0.6) is 11.5 Å². The first-order valence-corrected chi connectivity index (χ1v) is 13.9. The predicted molar refractivity (Wildman–Crippen MR) is 147 cm³/mol. The van der Waals surface area contributed by atoms with Crippen LogP contribution in [0, 0.1) is 0 Å². The van der Waals surface area contributed by atoms with Gasteiger partial charge >= 0.3 is 0 Å². The molecule has 1 amide bonds. The first-order chi connectivity index (χ1) is 19.8. The van der Waals surface area contributed by atoms with Crippen molar-refractivity contribution in [3.63, 3.8) is 0 Å². The van der Waals surface area contributed by atoms with Crippen molar-refractivity contribution in [1.82, 2.24) is 19.2 Å². The number of ether oxygens (including phenoxy) is 2. The molecule has 2 aromatic heterocycles. The molecule has 2 fully saturated rings. The maximum atomic E-state index is 13.7. The predicted octanol–water partition coefficient (Wildman–Crippen LogP) is 3.15. The van der Waals surface area contributed by atoms with E-state index in [-0.39, 0.29) is 18.1 Å². The molecular formula is C31H29N4O6-. The number of nitrogens with zero attached hydrogens (tertiary/aromatic N) is 4. The van der Waals surface area contributed by atoms with Gasteiger partial charge in [0, 0.05) is 67.9 Å². The number of aliphatic carboxylic acids is 1. The summed E-state index contributed by atoms with van der Waals surface area (Å²) in [5.41, 5.74) is 3.07. The zero-order valence-corrected chi connectivity index (χ0v) is 22.7. The Hall–Kier alpha value is -4.60. The van der Waals surface area contributed by atoms with E-state index in [1.54, 1.807) is 21.8 Å². The lowest BCUT2D eigenvalue weighted by Crippen LogP contribution is -2.52. The van der Waals surface area contributed by atoms with Crippen molar-refractivity contribution in [2.45, 2.75) is 43.7 Å². The summed E-state index contributed by atoms with van der Waals surface area (Å²) in [5.74, 6) is -0.513. The molecule has 2 aliphatic heterocycles. The van der Waals surface area contributed by atoms with Crippen LogP contribution in [0.4, 0.5) is 0 Å². The maximum absolute atomic E-state index is 13.7.